The van der Waals surface area contributed by atoms with Crippen LogP contribution in [0.4, 0.5) is 4.79 Å². The molecule has 5 nitrogen and oxygen atoms in total. The molecule has 2 unspecified atom stereocenters. The third-order valence-corrected chi connectivity index (χ3v) is 6.01. The van der Waals surface area contributed by atoms with Gasteiger partial charge in [0, 0.05) is 17.3 Å². The zero-order chi connectivity index (χ0) is 15.9. The van der Waals surface area contributed by atoms with Crippen molar-refractivity contribution in [2.75, 3.05) is 5.75 Å². The van der Waals surface area contributed by atoms with Gasteiger partial charge < -0.3 is 15.7 Å². The Labute approximate surface area is 137 Å². The van der Waals surface area contributed by atoms with Crippen molar-refractivity contribution in [3.63, 3.8) is 0 Å². The van der Waals surface area contributed by atoms with Crippen molar-refractivity contribution in [3.05, 3.63) is 0 Å². The second-order valence-corrected chi connectivity index (χ2v) is 8.02. The van der Waals surface area contributed by atoms with Crippen molar-refractivity contribution in [1.29, 1.82) is 0 Å². The second kappa shape index (κ2) is 8.65. The Bertz CT molecular complexity index is 382. The maximum atomic E-state index is 12.1. The van der Waals surface area contributed by atoms with Crippen molar-refractivity contribution >= 4 is 23.8 Å². The molecule has 2 amide bonds. The van der Waals surface area contributed by atoms with E-state index in [0.717, 1.165) is 31.4 Å². The number of thioether (sulfide) groups is 1. The number of nitrogens with one attached hydrogen (secondary N) is 2. The second-order valence-electron chi connectivity index (χ2n) is 6.45. The van der Waals surface area contributed by atoms with E-state index >= 15 is 0 Å². The van der Waals surface area contributed by atoms with Gasteiger partial charge in [-0.25, -0.2) is 4.79 Å². The lowest BCUT2D eigenvalue weighted by Gasteiger charge is -2.31. The summed E-state index contributed by atoms with van der Waals surface area (Å²) in [6.07, 6.45) is 7.45. The van der Waals surface area contributed by atoms with E-state index in [4.69, 9.17) is 5.11 Å². The van der Waals surface area contributed by atoms with Crippen LogP contribution in [0.3, 0.4) is 0 Å². The highest BCUT2D eigenvalue weighted by Gasteiger charge is 2.28. The van der Waals surface area contributed by atoms with Crippen LogP contribution in [0.5, 0.6) is 0 Å². The van der Waals surface area contributed by atoms with Gasteiger partial charge in [-0.05, 0) is 50.7 Å². The molecule has 2 saturated carbocycles. The lowest BCUT2D eigenvalue weighted by atomic mass is 9.86. The van der Waals surface area contributed by atoms with Gasteiger partial charge in [-0.2, -0.15) is 11.8 Å². The fourth-order valence-corrected chi connectivity index (χ4v) is 4.73. The molecule has 2 aliphatic rings. The molecule has 0 spiro atoms. The van der Waals surface area contributed by atoms with Gasteiger partial charge in [0.15, 0.2) is 0 Å². The molecule has 2 atom stereocenters. The molecule has 0 bridgehead atoms. The highest BCUT2D eigenvalue weighted by molar-refractivity contribution is 7.99. The Morgan fingerprint density at radius 2 is 1.73 bits per heavy atom. The normalized spacial score (nSPS) is 32.2. The fourth-order valence-electron chi connectivity index (χ4n) is 3.56. The SMILES string of the molecule is CCSC1CCCC(NC(=O)NC2CCC(C(=O)O)CC2)C1. The summed E-state index contributed by atoms with van der Waals surface area (Å²) in [5.74, 6) is 0.201. The lowest BCUT2D eigenvalue weighted by Crippen LogP contribution is -2.48. The molecule has 2 rings (SSSR count). The molecule has 0 aromatic heterocycles. The van der Waals surface area contributed by atoms with E-state index in [1.165, 1.54) is 12.8 Å². The van der Waals surface area contributed by atoms with E-state index in [2.05, 4.69) is 17.6 Å². The average molecular weight is 328 g/mol. The van der Waals surface area contributed by atoms with Gasteiger partial charge in [0.1, 0.15) is 0 Å². The number of carboxylic acids is 1. The van der Waals surface area contributed by atoms with Crippen LogP contribution in [0.15, 0.2) is 0 Å². The highest BCUT2D eigenvalue weighted by Crippen LogP contribution is 2.28. The van der Waals surface area contributed by atoms with E-state index in [1.54, 1.807) is 0 Å². The summed E-state index contributed by atoms with van der Waals surface area (Å²) in [5, 5.41) is 15.8. The average Bonchev–Trinajstić information content (AvgIpc) is 2.48. The molecular weight excluding hydrogens is 300 g/mol. The van der Waals surface area contributed by atoms with Crippen LogP contribution in [0.25, 0.3) is 0 Å². The van der Waals surface area contributed by atoms with Crippen molar-refractivity contribution in [2.45, 2.75) is 75.6 Å². The van der Waals surface area contributed by atoms with Crippen LogP contribution in [0.1, 0.15) is 58.3 Å². The smallest absolute Gasteiger partial charge is 0.315 e. The highest BCUT2D eigenvalue weighted by atomic mass is 32.2. The minimum atomic E-state index is -0.704. The minimum absolute atomic E-state index is 0.0778. The first-order valence-electron chi connectivity index (χ1n) is 8.50. The van der Waals surface area contributed by atoms with E-state index in [0.29, 0.717) is 18.1 Å². The van der Waals surface area contributed by atoms with Crippen LogP contribution >= 0.6 is 11.8 Å². The van der Waals surface area contributed by atoms with Gasteiger partial charge in [0.25, 0.3) is 0 Å². The Morgan fingerprint density at radius 3 is 2.36 bits per heavy atom. The number of carbonyl (C=O) groups is 2. The van der Waals surface area contributed by atoms with Crippen LogP contribution in [-0.2, 0) is 4.79 Å². The molecule has 22 heavy (non-hydrogen) atoms. The largest absolute Gasteiger partial charge is 0.481 e. The standard InChI is InChI=1S/C16H28N2O3S/c1-2-22-14-5-3-4-13(10-14)18-16(21)17-12-8-6-11(7-9-12)15(19)20/h11-14H,2-10H2,1H3,(H,19,20)(H2,17,18,21). The van der Waals surface area contributed by atoms with E-state index in [9.17, 15) is 9.59 Å². The maximum Gasteiger partial charge on any atom is 0.315 e. The Kier molecular flexibility index (Phi) is 6.86. The summed E-state index contributed by atoms with van der Waals surface area (Å²) >= 11 is 1.99. The molecule has 0 heterocycles. The predicted octanol–water partition coefficient (Wildman–Crippen LogP) is 2.99. The Hall–Kier alpha value is -0.910. The zero-order valence-corrected chi connectivity index (χ0v) is 14.2. The number of hydrogen-bond acceptors (Lipinski definition) is 3. The summed E-state index contributed by atoms with van der Waals surface area (Å²) in [5.41, 5.74) is 0. The Morgan fingerprint density at radius 1 is 1.05 bits per heavy atom. The summed E-state index contributed by atoms with van der Waals surface area (Å²) in [6.45, 7) is 2.18. The molecule has 126 valence electrons. The molecule has 3 N–H and O–H groups in total. The first-order chi connectivity index (χ1) is 10.6. The van der Waals surface area contributed by atoms with E-state index < -0.39 is 5.97 Å². The molecule has 0 aromatic rings. The number of aliphatic carboxylic acids is 1. The third kappa shape index (κ3) is 5.38. The van der Waals surface area contributed by atoms with Crippen LogP contribution in [0, 0.1) is 5.92 Å². The van der Waals surface area contributed by atoms with Crippen LogP contribution in [-0.4, -0.2) is 40.2 Å². The minimum Gasteiger partial charge on any atom is -0.481 e. The van der Waals surface area contributed by atoms with Crippen molar-refractivity contribution in [3.8, 4) is 0 Å². The fraction of sp³-hybridized carbons (Fsp3) is 0.875. The van der Waals surface area contributed by atoms with Gasteiger partial charge in [-0.3, -0.25) is 4.79 Å². The van der Waals surface area contributed by atoms with Crippen molar-refractivity contribution < 1.29 is 14.7 Å². The van der Waals surface area contributed by atoms with Gasteiger partial charge in [0.2, 0.25) is 0 Å². The van der Waals surface area contributed by atoms with Crippen LogP contribution in [0.2, 0.25) is 0 Å². The third-order valence-electron chi connectivity index (χ3n) is 4.78. The zero-order valence-electron chi connectivity index (χ0n) is 13.3. The van der Waals surface area contributed by atoms with E-state index in [1.807, 2.05) is 11.8 Å². The monoisotopic (exact) mass is 328 g/mol. The summed E-state index contributed by atoms with van der Waals surface area (Å²) in [6, 6.07) is 0.332. The maximum absolute atomic E-state index is 12.1. The molecular formula is C16H28N2O3S. The molecule has 2 fully saturated rings. The molecule has 2 aliphatic carbocycles. The molecule has 0 radical (unpaired) electrons. The van der Waals surface area contributed by atoms with Gasteiger partial charge in [0.05, 0.1) is 5.92 Å². The number of hydrogen-bond donors (Lipinski definition) is 3. The number of amides is 2. The quantitative estimate of drug-likeness (QED) is 0.725. The number of carbonyl (C=O) groups excluding carboxylic acids is 1. The first-order valence-corrected chi connectivity index (χ1v) is 9.54. The number of urea groups is 1. The molecule has 0 aliphatic heterocycles. The summed E-state index contributed by atoms with van der Waals surface area (Å²) in [7, 11) is 0. The number of carboxylic acid groups (broad SMARTS) is 1. The number of rotatable bonds is 5. The molecule has 6 heteroatoms. The first kappa shape index (κ1) is 17.4. The van der Waals surface area contributed by atoms with Crippen LogP contribution < -0.4 is 10.6 Å². The lowest BCUT2D eigenvalue weighted by molar-refractivity contribution is -0.142. The van der Waals surface area contributed by atoms with Gasteiger partial charge in [-0.1, -0.05) is 13.3 Å². The van der Waals surface area contributed by atoms with Crippen molar-refractivity contribution in [2.24, 2.45) is 5.92 Å². The molecule has 0 saturated heterocycles. The molecule has 0 aromatic carbocycles. The Balaban J connectivity index is 1.68. The summed E-state index contributed by atoms with van der Waals surface area (Å²) < 4.78 is 0. The van der Waals surface area contributed by atoms with Crippen molar-refractivity contribution in [1.82, 2.24) is 10.6 Å². The van der Waals surface area contributed by atoms with Gasteiger partial charge in [-0.15, -0.1) is 0 Å². The van der Waals surface area contributed by atoms with E-state index in [-0.39, 0.29) is 24.0 Å². The summed E-state index contributed by atoms with van der Waals surface area (Å²) in [4.78, 5) is 23.0. The van der Waals surface area contributed by atoms with Gasteiger partial charge >= 0.3 is 12.0 Å². The topological polar surface area (TPSA) is 78.4 Å². The predicted molar refractivity (Wildman–Crippen MR) is 89.2 cm³/mol.